The van der Waals surface area contributed by atoms with Crippen molar-refractivity contribution in [3.05, 3.63) is 18.0 Å². The van der Waals surface area contributed by atoms with Gasteiger partial charge in [0.1, 0.15) is 0 Å². The maximum atomic E-state index is 3.90. The molecule has 1 atom stereocenters. The van der Waals surface area contributed by atoms with E-state index in [4.69, 9.17) is 0 Å². The molecular formula is C8H14N2. The van der Waals surface area contributed by atoms with Gasteiger partial charge in [-0.05, 0) is 17.4 Å². The van der Waals surface area contributed by atoms with Crippen molar-refractivity contribution in [3.63, 3.8) is 0 Å². The van der Waals surface area contributed by atoms with Crippen molar-refractivity contribution in [2.75, 3.05) is 0 Å². The molecule has 1 heterocycles. The normalized spacial score (nSPS) is 14.0. The lowest BCUT2D eigenvalue weighted by molar-refractivity contribution is 0.535. The summed E-state index contributed by atoms with van der Waals surface area (Å²) in [6, 6.07) is 0. The first-order valence-electron chi connectivity index (χ1n) is 3.70. The van der Waals surface area contributed by atoms with E-state index >= 15 is 0 Å². The summed E-state index contributed by atoms with van der Waals surface area (Å²) >= 11 is 0. The lowest BCUT2D eigenvalue weighted by Gasteiger charge is -2.12. The Morgan fingerprint density at radius 1 is 1.40 bits per heavy atom. The first-order chi connectivity index (χ1) is 4.72. The van der Waals surface area contributed by atoms with Crippen LogP contribution in [0.2, 0.25) is 0 Å². The van der Waals surface area contributed by atoms with Crippen LogP contribution in [0.3, 0.4) is 0 Å². The van der Waals surface area contributed by atoms with E-state index in [9.17, 15) is 0 Å². The van der Waals surface area contributed by atoms with E-state index in [1.54, 1.807) is 0 Å². The van der Waals surface area contributed by atoms with Crippen molar-refractivity contribution in [1.29, 1.82) is 0 Å². The number of H-pyrrole nitrogens is 1. The van der Waals surface area contributed by atoms with Crippen molar-refractivity contribution in [3.8, 4) is 0 Å². The monoisotopic (exact) mass is 138 g/mol. The summed E-state index contributed by atoms with van der Waals surface area (Å²) in [7, 11) is 0. The largest absolute Gasteiger partial charge is 0.285 e. The first kappa shape index (κ1) is 7.32. The van der Waals surface area contributed by atoms with Gasteiger partial charge in [-0.2, -0.15) is 5.10 Å². The van der Waals surface area contributed by atoms with Crippen LogP contribution < -0.4 is 0 Å². The van der Waals surface area contributed by atoms with Crippen LogP contribution in [-0.2, 0) is 0 Å². The van der Waals surface area contributed by atoms with E-state index in [2.05, 4.69) is 31.0 Å². The second kappa shape index (κ2) is 2.86. The average molecular weight is 138 g/mol. The highest BCUT2D eigenvalue weighted by Gasteiger charge is 2.09. The molecular weight excluding hydrogens is 124 g/mol. The van der Waals surface area contributed by atoms with Gasteiger partial charge in [0, 0.05) is 6.20 Å². The summed E-state index contributed by atoms with van der Waals surface area (Å²) in [5.41, 5.74) is 1.30. The zero-order chi connectivity index (χ0) is 7.56. The van der Waals surface area contributed by atoms with E-state index in [0.29, 0.717) is 11.8 Å². The summed E-state index contributed by atoms with van der Waals surface area (Å²) in [5, 5.41) is 6.72. The molecule has 0 aliphatic carbocycles. The van der Waals surface area contributed by atoms with E-state index in [1.807, 2.05) is 12.4 Å². The molecule has 0 amide bonds. The quantitative estimate of drug-likeness (QED) is 0.666. The smallest absolute Gasteiger partial charge is 0.0522 e. The summed E-state index contributed by atoms with van der Waals surface area (Å²) < 4.78 is 0. The first-order valence-corrected chi connectivity index (χ1v) is 3.70. The van der Waals surface area contributed by atoms with Crippen molar-refractivity contribution >= 4 is 0 Å². The maximum absolute atomic E-state index is 3.90. The van der Waals surface area contributed by atoms with Crippen LogP contribution in [0.4, 0.5) is 0 Å². The van der Waals surface area contributed by atoms with Crippen LogP contribution in [0.25, 0.3) is 0 Å². The Bertz CT molecular complexity index is 177. The number of nitrogens with one attached hydrogen (secondary N) is 1. The zero-order valence-corrected chi connectivity index (χ0v) is 6.76. The van der Waals surface area contributed by atoms with E-state index < -0.39 is 0 Å². The second-order valence-corrected chi connectivity index (χ2v) is 3.06. The van der Waals surface area contributed by atoms with Crippen molar-refractivity contribution < 1.29 is 0 Å². The van der Waals surface area contributed by atoms with Crippen LogP contribution in [-0.4, -0.2) is 10.2 Å². The van der Waals surface area contributed by atoms with Gasteiger partial charge in [-0.25, -0.2) is 0 Å². The molecule has 1 unspecified atom stereocenters. The van der Waals surface area contributed by atoms with Gasteiger partial charge in [-0.1, -0.05) is 20.8 Å². The van der Waals surface area contributed by atoms with E-state index in [-0.39, 0.29) is 0 Å². The lowest BCUT2D eigenvalue weighted by atomic mass is 9.93. The molecule has 56 valence electrons. The topological polar surface area (TPSA) is 28.7 Å². The molecule has 0 aromatic carbocycles. The summed E-state index contributed by atoms with van der Waals surface area (Å²) in [6.07, 6.45) is 3.86. The lowest BCUT2D eigenvalue weighted by Crippen LogP contribution is -1.99. The molecule has 0 saturated heterocycles. The third-order valence-electron chi connectivity index (χ3n) is 2.05. The van der Waals surface area contributed by atoms with E-state index in [1.165, 1.54) is 5.56 Å². The molecule has 2 heteroatoms. The molecule has 0 fully saturated rings. The van der Waals surface area contributed by atoms with Gasteiger partial charge >= 0.3 is 0 Å². The summed E-state index contributed by atoms with van der Waals surface area (Å²) in [5.74, 6) is 1.30. The highest BCUT2D eigenvalue weighted by molar-refractivity contribution is 5.09. The molecule has 1 aromatic rings. The van der Waals surface area contributed by atoms with Gasteiger partial charge in [-0.3, -0.25) is 5.10 Å². The SMILES string of the molecule is CC(C)C(C)c1cn[nH]c1. The van der Waals surface area contributed by atoms with Crippen LogP contribution in [0, 0.1) is 5.92 Å². The predicted molar refractivity (Wildman–Crippen MR) is 41.8 cm³/mol. The number of aromatic amines is 1. The Morgan fingerprint density at radius 3 is 2.50 bits per heavy atom. The van der Waals surface area contributed by atoms with Gasteiger partial charge in [0.15, 0.2) is 0 Å². The number of rotatable bonds is 2. The minimum absolute atomic E-state index is 0.610. The molecule has 1 rings (SSSR count). The van der Waals surface area contributed by atoms with Gasteiger partial charge < -0.3 is 0 Å². The maximum Gasteiger partial charge on any atom is 0.0522 e. The molecule has 1 aromatic heterocycles. The molecule has 0 aliphatic rings. The minimum atomic E-state index is 0.610. The van der Waals surface area contributed by atoms with Crippen molar-refractivity contribution in [2.45, 2.75) is 26.7 Å². The molecule has 0 aliphatic heterocycles. The van der Waals surface area contributed by atoms with Gasteiger partial charge in [0.05, 0.1) is 6.20 Å². The summed E-state index contributed by atoms with van der Waals surface area (Å²) in [4.78, 5) is 0. The third kappa shape index (κ3) is 1.38. The van der Waals surface area contributed by atoms with Gasteiger partial charge in [-0.15, -0.1) is 0 Å². The van der Waals surface area contributed by atoms with Crippen LogP contribution in [0.5, 0.6) is 0 Å². The van der Waals surface area contributed by atoms with Crippen LogP contribution >= 0.6 is 0 Å². The Morgan fingerprint density at radius 2 is 2.10 bits per heavy atom. The second-order valence-electron chi connectivity index (χ2n) is 3.06. The standard InChI is InChI=1S/C8H14N2/c1-6(2)7(3)8-4-9-10-5-8/h4-7H,1-3H3,(H,9,10). The molecule has 0 bridgehead atoms. The van der Waals surface area contributed by atoms with Gasteiger partial charge in [0.2, 0.25) is 0 Å². The number of nitrogens with zero attached hydrogens (tertiary/aromatic N) is 1. The number of aromatic nitrogens is 2. The van der Waals surface area contributed by atoms with Crippen molar-refractivity contribution in [1.82, 2.24) is 10.2 Å². The fourth-order valence-electron chi connectivity index (χ4n) is 0.895. The molecule has 2 nitrogen and oxygen atoms in total. The number of hydrogen-bond acceptors (Lipinski definition) is 1. The number of hydrogen-bond donors (Lipinski definition) is 1. The molecule has 0 saturated carbocycles. The highest BCUT2D eigenvalue weighted by atomic mass is 15.1. The Hall–Kier alpha value is -0.790. The minimum Gasteiger partial charge on any atom is -0.285 e. The predicted octanol–water partition coefficient (Wildman–Crippen LogP) is 2.17. The van der Waals surface area contributed by atoms with Crippen molar-refractivity contribution in [2.24, 2.45) is 5.92 Å². The Labute approximate surface area is 61.7 Å². The molecule has 1 N–H and O–H groups in total. The van der Waals surface area contributed by atoms with Crippen LogP contribution in [0.1, 0.15) is 32.3 Å². The highest BCUT2D eigenvalue weighted by Crippen LogP contribution is 2.21. The molecule has 10 heavy (non-hydrogen) atoms. The zero-order valence-electron chi connectivity index (χ0n) is 6.76. The molecule has 0 radical (unpaired) electrons. The fourth-order valence-corrected chi connectivity index (χ4v) is 0.895. The Balaban J connectivity index is 2.68. The third-order valence-corrected chi connectivity index (χ3v) is 2.05. The fraction of sp³-hybridized carbons (Fsp3) is 0.625. The van der Waals surface area contributed by atoms with E-state index in [0.717, 1.165) is 0 Å². The summed E-state index contributed by atoms with van der Waals surface area (Å²) in [6.45, 7) is 6.66. The average Bonchev–Trinajstić information content (AvgIpc) is 2.36. The molecule has 0 spiro atoms. The van der Waals surface area contributed by atoms with Gasteiger partial charge in [0.25, 0.3) is 0 Å². The van der Waals surface area contributed by atoms with Crippen LogP contribution in [0.15, 0.2) is 12.4 Å². The Kier molecular flexibility index (Phi) is 2.10.